The molecule has 1 aliphatic heterocycles. The number of ether oxygens (including phenoxy) is 3. The Morgan fingerprint density at radius 2 is 1.46 bits per heavy atom. The lowest BCUT2D eigenvalue weighted by Crippen LogP contribution is -2.61. The molecule has 0 saturated carbocycles. The third kappa shape index (κ3) is 6.33. The van der Waals surface area contributed by atoms with Gasteiger partial charge in [-0.05, 0) is 47.5 Å². The van der Waals surface area contributed by atoms with Crippen LogP contribution in [0.4, 0.5) is 0 Å². The molecular weight excluding hydrogens is 516 g/mol. The molecule has 206 valence electrons. The van der Waals surface area contributed by atoms with Crippen molar-refractivity contribution < 1.29 is 59.9 Å². The molecule has 8 N–H and O–H groups in total. The zero-order chi connectivity index (χ0) is 28.3. The van der Waals surface area contributed by atoms with E-state index in [1.165, 1.54) is 30.3 Å². The Labute approximate surface area is 221 Å². The molecule has 0 aliphatic carbocycles. The predicted octanol–water partition coefficient (Wildman–Crippen LogP) is 1.43. The Balaban J connectivity index is 1.59. The van der Waals surface area contributed by atoms with Crippen LogP contribution >= 0.6 is 0 Å². The maximum absolute atomic E-state index is 12.7. The van der Waals surface area contributed by atoms with Crippen molar-refractivity contribution in [2.45, 2.75) is 30.7 Å². The Morgan fingerprint density at radius 1 is 0.821 bits per heavy atom. The van der Waals surface area contributed by atoms with E-state index in [-0.39, 0.29) is 17.2 Å². The highest BCUT2D eigenvalue weighted by atomic mass is 16.7. The molecule has 4 rings (SSSR count). The summed E-state index contributed by atoms with van der Waals surface area (Å²) in [7, 11) is 0. The molecule has 5 atom stereocenters. The van der Waals surface area contributed by atoms with Crippen molar-refractivity contribution in [3.8, 4) is 34.5 Å². The van der Waals surface area contributed by atoms with Crippen molar-refractivity contribution >= 4 is 18.1 Å². The van der Waals surface area contributed by atoms with Gasteiger partial charge in [0.1, 0.15) is 35.6 Å². The van der Waals surface area contributed by atoms with Gasteiger partial charge in [0, 0.05) is 6.07 Å². The normalized spacial score (nSPS) is 23.0. The number of aliphatic hydroxyl groups is 3. The van der Waals surface area contributed by atoms with E-state index in [0.717, 1.165) is 17.7 Å². The quantitative estimate of drug-likeness (QED) is 0.121. The molecule has 0 unspecified atom stereocenters. The third-order valence-electron chi connectivity index (χ3n) is 5.90. The maximum atomic E-state index is 12.7. The number of phenols is 5. The second-order valence-corrected chi connectivity index (χ2v) is 8.74. The van der Waals surface area contributed by atoms with Crippen molar-refractivity contribution in [3.63, 3.8) is 0 Å². The summed E-state index contributed by atoms with van der Waals surface area (Å²) < 4.78 is 16.6. The molecular formula is C27H26O12. The number of aliphatic hydroxyl groups excluding tert-OH is 3. The van der Waals surface area contributed by atoms with Gasteiger partial charge in [0.15, 0.2) is 23.4 Å². The maximum Gasteiger partial charge on any atom is 0.339 e. The first-order chi connectivity index (χ1) is 18.5. The second kappa shape index (κ2) is 11.5. The fourth-order valence-electron chi connectivity index (χ4n) is 3.87. The summed E-state index contributed by atoms with van der Waals surface area (Å²) in [5.74, 6) is -3.70. The first-order valence-corrected chi connectivity index (χ1v) is 11.6. The van der Waals surface area contributed by atoms with E-state index in [1.807, 2.05) is 0 Å². The lowest BCUT2D eigenvalue weighted by molar-refractivity contribution is -0.276. The monoisotopic (exact) mass is 542 g/mol. The average Bonchev–Trinajstić information content (AvgIpc) is 2.90. The van der Waals surface area contributed by atoms with Gasteiger partial charge in [-0.3, -0.25) is 0 Å². The number of benzene rings is 3. The first kappa shape index (κ1) is 27.5. The Morgan fingerprint density at radius 3 is 2.10 bits per heavy atom. The van der Waals surface area contributed by atoms with Crippen LogP contribution in [0.1, 0.15) is 21.5 Å². The smallest absolute Gasteiger partial charge is 0.339 e. The number of rotatable bonds is 7. The topological polar surface area (TPSA) is 207 Å². The van der Waals surface area contributed by atoms with Gasteiger partial charge in [0.05, 0.1) is 12.2 Å². The predicted molar refractivity (Wildman–Crippen MR) is 134 cm³/mol. The minimum absolute atomic E-state index is 0.0200. The number of aromatic hydroxyl groups is 5. The molecule has 0 aromatic heterocycles. The Hall–Kier alpha value is -4.49. The molecule has 1 aliphatic rings. The largest absolute Gasteiger partial charge is 0.508 e. The SMILES string of the molecule is O=C(O[C@H]1[C@H](Oc2cc(O)cc(/C=C/c3ccc(O)cc3)c2)O[C@H](CO)[C@H](O)[C@@H]1O)c1cc(O)c(O)c(O)c1. The van der Waals surface area contributed by atoms with Crippen LogP contribution in [0, 0.1) is 0 Å². The fraction of sp³-hybridized carbons (Fsp3) is 0.222. The van der Waals surface area contributed by atoms with Gasteiger partial charge >= 0.3 is 5.97 Å². The van der Waals surface area contributed by atoms with Crippen LogP contribution in [0.15, 0.2) is 54.6 Å². The lowest BCUT2D eigenvalue weighted by Gasteiger charge is -2.41. The van der Waals surface area contributed by atoms with Gasteiger partial charge in [-0.2, -0.15) is 0 Å². The average molecular weight is 542 g/mol. The Bertz CT molecular complexity index is 1330. The van der Waals surface area contributed by atoms with E-state index in [9.17, 15) is 45.6 Å². The zero-order valence-electron chi connectivity index (χ0n) is 20.2. The van der Waals surface area contributed by atoms with Crippen LogP contribution < -0.4 is 4.74 Å². The van der Waals surface area contributed by atoms with Gasteiger partial charge in [0.25, 0.3) is 0 Å². The molecule has 3 aromatic rings. The number of esters is 1. The van der Waals surface area contributed by atoms with Crippen molar-refractivity contribution in [3.05, 3.63) is 71.3 Å². The molecule has 0 radical (unpaired) electrons. The van der Waals surface area contributed by atoms with E-state index in [0.29, 0.717) is 5.56 Å². The minimum Gasteiger partial charge on any atom is -0.508 e. The standard InChI is InChI=1S/C27H26O12/c28-12-21-23(34)24(35)25(39-26(36)15-9-19(31)22(33)20(32)10-15)27(38-21)37-18-8-14(7-17(30)11-18)2-1-13-3-5-16(29)6-4-13/h1-11,21,23-25,27-35H,12H2/b2-1+/t21-,23+,24+,25-,27-/m1/s1. The van der Waals surface area contributed by atoms with Gasteiger partial charge in [-0.1, -0.05) is 24.3 Å². The number of carbonyl (C=O) groups excluding carboxylic acids is 1. The summed E-state index contributed by atoms with van der Waals surface area (Å²) in [5.41, 5.74) is 0.846. The number of phenolic OH excluding ortho intramolecular Hbond substituents is 5. The van der Waals surface area contributed by atoms with Crippen LogP contribution in [-0.4, -0.2) is 84.1 Å². The number of hydrogen-bond acceptors (Lipinski definition) is 12. The first-order valence-electron chi connectivity index (χ1n) is 11.6. The summed E-state index contributed by atoms with van der Waals surface area (Å²) in [6, 6.07) is 12.2. The third-order valence-corrected chi connectivity index (χ3v) is 5.90. The van der Waals surface area contributed by atoms with E-state index in [2.05, 4.69) is 0 Å². The molecule has 0 bridgehead atoms. The summed E-state index contributed by atoms with van der Waals surface area (Å²) in [4.78, 5) is 12.7. The molecule has 0 spiro atoms. The van der Waals surface area contributed by atoms with E-state index in [1.54, 1.807) is 24.3 Å². The van der Waals surface area contributed by atoms with Crippen molar-refractivity contribution in [2.24, 2.45) is 0 Å². The second-order valence-electron chi connectivity index (χ2n) is 8.74. The van der Waals surface area contributed by atoms with Crippen LogP contribution in [0.25, 0.3) is 12.2 Å². The van der Waals surface area contributed by atoms with Crippen LogP contribution in [0.5, 0.6) is 34.5 Å². The molecule has 39 heavy (non-hydrogen) atoms. The van der Waals surface area contributed by atoms with E-state index in [4.69, 9.17) is 14.2 Å². The molecule has 1 fully saturated rings. The van der Waals surface area contributed by atoms with E-state index >= 15 is 0 Å². The lowest BCUT2D eigenvalue weighted by atomic mass is 9.99. The molecule has 12 nitrogen and oxygen atoms in total. The molecule has 1 heterocycles. The van der Waals surface area contributed by atoms with Gasteiger partial charge in [-0.25, -0.2) is 4.79 Å². The fourth-order valence-corrected chi connectivity index (χ4v) is 3.87. The van der Waals surface area contributed by atoms with Crippen LogP contribution in [0.3, 0.4) is 0 Å². The van der Waals surface area contributed by atoms with Gasteiger partial charge in [-0.15, -0.1) is 0 Å². The Kier molecular flexibility index (Phi) is 8.12. The highest BCUT2D eigenvalue weighted by Gasteiger charge is 2.48. The molecule has 12 heteroatoms. The summed E-state index contributed by atoms with van der Waals surface area (Å²) in [6.07, 6.45) is -4.68. The molecule has 0 amide bonds. The van der Waals surface area contributed by atoms with Crippen molar-refractivity contribution in [1.82, 2.24) is 0 Å². The summed E-state index contributed by atoms with van der Waals surface area (Å²) >= 11 is 0. The number of hydrogen-bond donors (Lipinski definition) is 8. The van der Waals surface area contributed by atoms with Crippen LogP contribution in [0.2, 0.25) is 0 Å². The molecule has 1 saturated heterocycles. The zero-order valence-corrected chi connectivity index (χ0v) is 20.2. The van der Waals surface area contributed by atoms with Gasteiger partial charge < -0.3 is 55.1 Å². The van der Waals surface area contributed by atoms with E-state index < -0.39 is 66.1 Å². The van der Waals surface area contributed by atoms with Crippen molar-refractivity contribution in [1.29, 1.82) is 0 Å². The highest BCUT2D eigenvalue weighted by Crippen LogP contribution is 2.36. The van der Waals surface area contributed by atoms with Crippen LogP contribution in [-0.2, 0) is 9.47 Å². The summed E-state index contributed by atoms with van der Waals surface area (Å²) in [5, 5.41) is 79.1. The molecule has 3 aromatic carbocycles. The van der Waals surface area contributed by atoms with Gasteiger partial charge in [0.2, 0.25) is 6.29 Å². The summed E-state index contributed by atoms with van der Waals surface area (Å²) in [6.45, 7) is -0.709. The highest BCUT2D eigenvalue weighted by molar-refractivity contribution is 5.91. The number of carbonyl (C=O) groups is 1. The minimum atomic E-state index is -1.80. The van der Waals surface area contributed by atoms with Crippen molar-refractivity contribution in [2.75, 3.05) is 6.61 Å².